The van der Waals surface area contributed by atoms with Crippen molar-refractivity contribution >= 4 is 22.1 Å². The molecule has 0 amide bonds. The molecule has 1 heterocycles. The third-order valence-corrected chi connectivity index (χ3v) is 4.65. The second-order valence-corrected chi connectivity index (χ2v) is 6.90. The molecule has 0 saturated carbocycles. The number of rotatable bonds is 4. The van der Waals surface area contributed by atoms with E-state index in [2.05, 4.69) is 59.0 Å². The highest BCUT2D eigenvalue weighted by Crippen LogP contribution is 2.32. The molecule has 2 aromatic rings. The van der Waals surface area contributed by atoms with E-state index in [4.69, 9.17) is 4.74 Å². The van der Waals surface area contributed by atoms with Gasteiger partial charge in [0.15, 0.2) is 0 Å². The highest BCUT2D eigenvalue weighted by Gasteiger charge is 2.19. The minimum atomic E-state index is 0.371. The minimum Gasteiger partial charge on any atom is -0.488 e. The number of benzene rings is 2. The van der Waals surface area contributed by atoms with Gasteiger partial charge in [0, 0.05) is 6.21 Å². The summed E-state index contributed by atoms with van der Waals surface area (Å²) in [4.78, 5) is 4.65. The number of halogens is 1. The molecule has 0 fully saturated rings. The van der Waals surface area contributed by atoms with Gasteiger partial charge in [-0.15, -0.1) is 0 Å². The van der Waals surface area contributed by atoms with E-state index in [0.717, 1.165) is 16.6 Å². The quantitative estimate of drug-likeness (QED) is 0.751. The normalized spacial score (nSPS) is 16.6. The highest BCUT2D eigenvalue weighted by molar-refractivity contribution is 9.10. The van der Waals surface area contributed by atoms with Gasteiger partial charge in [-0.3, -0.25) is 4.99 Å². The average Bonchev–Trinajstić information content (AvgIpc) is 2.53. The monoisotopic (exact) mass is 357 g/mol. The number of fused-ring (bicyclic) bond motifs is 1. The molecule has 114 valence electrons. The van der Waals surface area contributed by atoms with Gasteiger partial charge in [-0.05, 0) is 57.1 Å². The van der Waals surface area contributed by atoms with Crippen molar-refractivity contribution in [2.45, 2.75) is 32.9 Å². The summed E-state index contributed by atoms with van der Waals surface area (Å²) in [5.74, 6) is 1.46. The van der Waals surface area contributed by atoms with Crippen molar-refractivity contribution in [1.82, 2.24) is 0 Å². The first-order chi connectivity index (χ1) is 10.6. The Balaban J connectivity index is 1.79. The van der Waals surface area contributed by atoms with Crippen LogP contribution in [0.3, 0.4) is 0 Å². The number of nitrogens with zero attached hydrogens (tertiary/aromatic N) is 1. The number of hydrogen-bond donors (Lipinski definition) is 0. The second-order valence-electron chi connectivity index (χ2n) is 6.05. The van der Waals surface area contributed by atoms with Crippen molar-refractivity contribution < 1.29 is 4.74 Å². The van der Waals surface area contributed by atoms with Gasteiger partial charge in [0.2, 0.25) is 0 Å². The molecule has 1 unspecified atom stereocenters. The molecule has 3 heteroatoms. The molecule has 1 aliphatic heterocycles. The molecule has 0 aromatic heterocycles. The summed E-state index contributed by atoms with van der Waals surface area (Å²) >= 11 is 3.61. The van der Waals surface area contributed by atoms with E-state index in [9.17, 15) is 0 Å². The van der Waals surface area contributed by atoms with Gasteiger partial charge in [0.1, 0.15) is 12.4 Å². The molecule has 0 spiro atoms. The summed E-state index contributed by atoms with van der Waals surface area (Å²) in [7, 11) is 0. The summed E-state index contributed by atoms with van der Waals surface area (Å²) < 4.78 is 6.98. The van der Waals surface area contributed by atoms with E-state index in [1.807, 2.05) is 24.4 Å². The predicted molar refractivity (Wildman–Crippen MR) is 94.8 cm³/mol. The van der Waals surface area contributed by atoms with Gasteiger partial charge in [-0.25, -0.2) is 0 Å². The van der Waals surface area contributed by atoms with Crippen LogP contribution < -0.4 is 4.74 Å². The molecule has 0 aliphatic carbocycles. The molecule has 2 nitrogen and oxygen atoms in total. The van der Waals surface area contributed by atoms with Crippen LogP contribution in [0.5, 0.6) is 5.75 Å². The second kappa shape index (κ2) is 6.66. The van der Waals surface area contributed by atoms with Gasteiger partial charge in [-0.2, -0.15) is 0 Å². The zero-order valence-corrected chi connectivity index (χ0v) is 14.5. The van der Waals surface area contributed by atoms with E-state index in [-0.39, 0.29) is 0 Å². The average molecular weight is 358 g/mol. The summed E-state index contributed by atoms with van der Waals surface area (Å²) in [6.45, 7) is 5.03. The smallest absolute Gasteiger partial charge is 0.134 e. The number of ether oxygens (including phenoxy) is 1. The lowest BCUT2D eigenvalue weighted by Gasteiger charge is -2.23. The van der Waals surface area contributed by atoms with Gasteiger partial charge in [-0.1, -0.05) is 44.2 Å². The topological polar surface area (TPSA) is 21.6 Å². The van der Waals surface area contributed by atoms with Crippen LogP contribution in [0.1, 0.15) is 30.5 Å². The van der Waals surface area contributed by atoms with E-state index < -0.39 is 0 Å². The predicted octanol–water partition coefficient (Wildman–Crippen LogP) is 5.03. The first kappa shape index (κ1) is 15.3. The summed E-state index contributed by atoms with van der Waals surface area (Å²) in [6.07, 6.45) is 2.98. The Bertz CT molecular complexity index is 679. The maximum absolute atomic E-state index is 5.99. The Morgan fingerprint density at radius 1 is 1.23 bits per heavy atom. The third-order valence-electron chi connectivity index (χ3n) is 4.03. The van der Waals surface area contributed by atoms with Crippen molar-refractivity contribution in [3.63, 3.8) is 0 Å². The molecule has 3 rings (SSSR count). The summed E-state index contributed by atoms with van der Waals surface area (Å²) in [5.41, 5.74) is 3.68. The Morgan fingerprint density at radius 3 is 2.73 bits per heavy atom. The lowest BCUT2D eigenvalue weighted by atomic mass is 9.92. The molecule has 0 saturated heterocycles. The zero-order chi connectivity index (χ0) is 15.5. The third kappa shape index (κ3) is 3.41. The van der Waals surface area contributed by atoms with Crippen LogP contribution in [0, 0.1) is 5.92 Å². The zero-order valence-electron chi connectivity index (χ0n) is 12.9. The summed E-state index contributed by atoms with van der Waals surface area (Å²) in [5, 5.41) is 0. The molecule has 2 aromatic carbocycles. The van der Waals surface area contributed by atoms with Crippen LogP contribution in [0.15, 0.2) is 51.9 Å². The Kier molecular flexibility index (Phi) is 4.63. The van der Waals surface area contributed by atoms with Crippen molar-refractivity contribution in [1.29, 1.82) is 0 Å². The molecule has 0 bridgehead atoms. The SMILES string of the molecule is CC(C)C1Cc2cc(OCc3ccccc3)c(Br)cc2C=N1. The van der Waals surface area contributed by atoms with Crippen LogP contribution in [0.2, 0.25) is 0 Å². The molecule has 1 atom stereocenters. The fraction of sp³-hybridized carbons (Fsp3) is 0.316. The minimum absolute atomic E-state index is 0.371. The molecule has 0 radical (unpaired) electrons. The molecule has 0 N–H and O–H groups in total. The molecular weight excluding hydrogens is 338 g/mol. The van der Waals surface area contributed by atoms with Gasteiger partial charge in [0.25, 0.3) is 0 Å². The van der Waals surface area contributed by atoms with Gasteiger partial charge >= 0.3 is 0 Å². The Hall–Kier alpha value is -1.61. The van der Waals surface area contributed by atoms with Crippen molar-refractivity contribution in [2.24, 2.45) is 10.9 Å². The maximum atomic E-state index is 5.99. The van der Waals surface area contributed by atoms with E-state index in [1.54, 1.807) is 0 Å². The van der Waals surface area contributed by atoms with E-state index in [0.29, 0.717) is 18.6 Å². The molecule has 1 aliphatic rings. The van der Waals surface area contributed by atoms with Crippen LogP contribution in [-0.2, 0) is 13.0 Å². The van der Waals surface area contributed by atoms with Crippen LogP contribution in [0.4, 0.5) is 0 Å². The molecule has 22 heavy (non-hydrogen) atoms. The largest absolute Gasteiger partial charge is 0.488 e. The number of hydrogen-bond acceptors (Lipinski definition) is 2. The highest BCUT2D eigenvalue weighted by atomic mass is 79.9. The maximum Gasteiger partial charge on any atom is 0.134 e. The van der Waals surface area contributed by atoms with Crippen molar-refractivity contribution in [3.05, 3.63) is 63.6 Å². The van der Waals surface area contributed by atoms with Crippen LogP contribution in [-0.4, -0.2) is 12.3 Å². The summed E-state index contributed by atoms with van der Waals surface area (Å²) in [6, 6.07) is 14.9. The number of aliphatic imine (C=N–C) groups is 1. The van der Waals surface area contributed by atoms with Gasteiger partial charge in [0.05, 0.1) is 10.5 Å². The lowest BCUT2D eigenvalue weighted by Crippen LogP contribution is -2.21. The van der Waals surface area contributed by atoms with Crippen LogP contribution in [0.25, 0.3) is 0 Å². The molecular formula is C19H20BrNO. The fourth-order valence-electron chi connectivity index (χ4n) is 2.62. The van der Waals surface area contributed by atoms with Crippen LogP contribution >= 0.6 is 15.9 Å². The first-order valence-electron chi connectivity index (χ1n) is 7.66. The Morgan fingerprint density at radius 2 is 2.00 bits per heavy atom. The lowest BCUT2D eigenvalue weighted by molar-refractivity contribution is 0.303. The standard InChI is InChI=1S/C19H20BrNO/c1-13(2)18-9-15-10-19(17(20)8-16(15)11-21-18)22-12-14-6-4-3-5-7-14/h3-8,10-11,13,18H,9,12H2,1-2H3. The van der Waals surface area contributed by atoms with E-state index >= 15 is 0 Å². The van der Waals surface area contributed by atoms with E-state index in [1.165, 1.54) is 16.7 Å². The van der Waals surface area contributed by atoms with Crippen molar-refractivity contribution in [3.8, 4) is 5.75 Å². The Labute approximate surface area is 140 Å². The van der Waals surface area contributed by atoms with Crippen molar-refractivity contribution in [2.75, 3.05) is 0 Å². The first-order valence-corrected chi connectivity index (χ1v) is 8.45. The fourth-order valence-corrected chi connectivity index (χ4v) is 3.09. The van der Waals surface area contributed by atoms with Gasteiger partial charge < -0.3 is 4.74 Å².